The Morgan fingerprint density at radius 3 is 3.08 bits per heavy atom. The van der Waals surface area contributed by atoms with Crippen molar-refractivity contribution in [1.82, 2.24) is 9.78 Å². The molecule has 0 saturated heterocycles. The van der Waals surface area contributed by atoms with Crippen LogP contribution in [0.15, 0.2) is 23.1 Å². The molecule has 0 bridgehead atoms. The fourth-order valence-corrected chi connectivity index (χ4v) is 0.892. The van der Waals surface area contributed by atoms with Crippen LogP contribution < -0.4 is 11.3 Å². The van der Waals surface area contributed by atoms with Gasteiger partial charge in [0.15, 0.2) is 0 Å². The number of aromatic nitrogens is 2. The van der Waals surface area contributed by atoms with Crippen LogP contribution in [0, 0.1) is 0 Å². The normalized spacial score (nSPS) is 10.2. The van der Waals surface area contributed by atoms with Gasteiger partial charge in [-0.05, 0) is 6.07 Å². The third kappa shape index (κ3) is 3.35. The first kappa shape index (κ1) is 9.88. The smallest absolute Gasteiger partial charge is 0.266 e. The fourth-order valence-electron chi connectivity index (χ4n) is 0.892. The van der Waals surface area contributed by atoms with Gasteiger partial charge >= 0.3 is 0 Å². The van der Waals surface area contributed by atoms with Gasteiger partial charge in [0.05, 0.1) is 19.8 Å². The molecule has 0 atom stereocenters. The zero-order valence-electron chi connectivity index (χ0n) is 7.35. The molecule has 0 radical (unpaired) electrons. The van der Waals surface area contributed by atoms with Crippen LogP contribution in [0.1, 0.15) is 0 Å². The second kappa shape index (κ2) is 5.45. The van der Waals surface area contributed by atoms with E-state index >= 15 is 0 Å². The predicted molar refractivity (Wildman–Crippen MR) is 48.4 cm³/mol. The van der Waals surface area contributed by atoms with Crippen molar-refractivity contribution >= 4 is 0 Å². The van der Waals surface area contributed by atoms with Crippen molar-refractivity contribution < 1.29 is 4.74 Å². The van der Waals surface area contributed by atoms with Crippen molar-refractivity contribution in [2.24, 2.45) is 5.73 Å². The summed E-state index contributed by atoms with van der Waals surface area (Å²) in [5, 5.41) is 3.87. The first-order valence-electron chi connectivity index (χ1n) is 4.14. The number of rotatable bonds is 5. The Hall–Kier alpha value is -1.20. The Labute approximate surface area is 76.1 Å². The summed E-state index contributed by atoms with van der Waals surface area (Å²) in [5.41, 5.74) is 5.12. The van der Waals surface area contributed by atoms with Crippen molar-refractivity contribution in [3.63, 3.8) is 0 Å². The van der Waals surface area contributed by atoms with Gasteiger partial charge in [0.25, 0.3) is 5.56 Å². The fraction of sp³-hybridized carbons (Fsp3) is 0.500. The summed E-state index contributed by atoms with van der Waals surface area (Å²) in [5.74, 6) is 0. The minimum atomic E-state index is -0.112. The van der Waals surface area contributed by atoms with Gasteiger partial charge in [-0.15, -0.1) is 0 Å². The van der Waals surface area contributed by atoms with E-state index in [4.69, 9.17) is 10.5 Å². The molecule has 0 spiro atoms. The van der Waals surface area contributed by atoms with Crippen molar-refractivity contribution in [3.05, 3.63) is 28.7 Å². The average molecular weight is 183 g/mol. The van der Waals surface area contributed by atoms with Crippen molar-refractivity contribution in [2.45, 2.75) is 6.54 Å². The summed E-state index contributed by atoms with van der Waals surface area (Å²) in [6, 6.07) is 3.08. The summed E-state index contributed by atoms with van der Waals surface area (Å²) in [6.07, 6.45) is 1.57. The Morgan fingerprint density at radius 1 is 1.54 bits per heavy atom. The van der Waals surface area contributed by atoms with Gasteiger partial charge in [-0.1, -0.05) is 0 Å². The molecule has 1 rings (SSSR count). The molecule has 0 aliphatic heterocycles. The summed E-state index contributed by atoms with van der Waals surface area (Å²) in [7, 11) is 0. The third-order valence-corrected chi connectivity index (χ3v) is 1.49. The molecule has 5 nitrogen and oxygen atoms in total. The quantitative estimate of drug-likeness (QED) is 0.608. The molecule has 0 saturated carbocycles. The number of ether oxygens (including phenoxy) is 1. The number of nitrogens with zero attached hydrogens (tertiary/aromatic N) is 2. The van der Waals surface area contributed by atoms with Gasteiger partial charge in [0.1, 0.15) is 0 Å². The summed E-state index contributed by atoms with van der Waals surface area (Å²) >= 11 is 0. The van der Waals surface area contributed by atoms with E-state index in [1.54, 1.807) is 12.3 Å². The van der Waals surface area contributed by atoms with Crippen LogP contribution in [0.3, 0.4) is 0 Å². The summed E-state index contributed by atoms with van der Waals surface area (Å²) in [6.45, 7) is 1.95. The number of hydrogen-bond acceptors (Lipinski definition) is 4. The number of hydrogen-bond donors (Lipinski definition) is 1. The maximum atomic E-state index is 11.1. The maximum absolute atomic E-state index is 11.1. The van der Waals surface area contributed by atoms with E-state index in [-0.39, 0.29) is 5.56 Å². The summed E-state index contributed by atoms with van der Waals surface area (Å²) < 4.78 is 6.47. The standard InChI is InChI=1S/C8H13N3O2/c9-3-6-13-7-5-11-8(12)2-1-4-10-11/h1-2,4H,3,5-7,9H2. The molecular weight excluding hydrogens is 170 g/mol. The van der Waals surface area contributed by atoms with Crippen LogP contribution in [0.4, 0.5) is 0 Å². The van der Waals surface area contributed by atoms with Crippen LogP contribution in [-0.2, 0) is 11.3 Å². The lowest BCUT2D eigenvalue weighted by Gasteiger charge is -2.03. The minimum Gasteiger partial charge on any atom is -0.378 e. The van der Waals surface area contributed by atoms with Crippen LogP contribution in [0.25, 0.3) is 0 Å². The molecule has 0 aliphatic rings. The zero-order valence-corrected chi connectivity index (χ0v) is 7.35. The van der Waals surface area contributed by atoms with Crippen molar-refractivity contribution in [1.29, 1.82) is 0 Å². The van der Waals surface area contributed by atoms with Gasteiger partial charge in [0, 0.05) is 18.8 Å². The molecule has 1 heterocycles. The highest BCUT2D eigenvalue weighted by molar-refractivity contribution is 4.84. The zero-order chi connectivity index (χ0) is 9.52. The topological polar surface area (TPSA) is 70.1 Å². The highest BCUT2D eigenvalue weighted by atomic mass is 16.5. The molecule has 0 unspecified atom stereocenters. The van der Waals surface area contributed by atoms with E-state index < -0.39 is 0 Å². The third-order valence-electron chi connectivity index (χ3n) is 1.49. The van der Waals surface area contributed by atoms with Crippen LogP contribution in [0.2, 0.25) is 0 Å². The van der Waals surface area contributed by atoms with E-state index in [9.17, 15) is 4.79 Å². The molecule has 1 aromatic heterocycles. The average Bonchev–Trinajstić information content (AvgIpc) is 2.15. The molecule has 0 aromatic carbocycles. The SMILES string of the molecule is NCCOCCn1ncccc1=O. The Bertz CT molecular complexity index is 297. The van der Waals surface area contributed by atoms with Gasteiger partial charge in [-0.2, -0.15) is 5.10 Å². The lowest BCUT2D eigenvalue weighted by Crippen LogP contribution is -2.24. The lowest BCUT2D eigenvalue weighted by atomic mass is 10.5. The molecule has 0 aliphatic carbocycles. The molecule has 13 heavy (non-hydrogen) atoms. The molecule has 0 fully saturated rings. The van der Waals surface area contributed by atoms with Gasteiger partial charge in [-0.25, -0.2) is 4.68 Å². The Kier molecular flexibility index (Phi) is 4.14. The maximum Gasteiger partial charge on any atom is 0.266 e. The van der Waals surface area contributed by atoms with Gasteiger partial charge in [-0.3, -0.25) is 4.79 Å². The monoisotopic (exact) mass is 183 g/mol. The van der Waals surface area contributed by atoms with Crippen LogP contribution in [-0.4, -0.2) is 29.5 Å². The molecule has 5 heteroatoms. The Balaban J connectivity index is 2.37. The van der Waals surface area contributed by atoms with Gasteiger partial charge in [0.2, 0.25) is 0 Å². The highest BCUT2D eigenvalue weighted by Crippen LogP contribution is 1.78. The second-order valence-corrected chi connectivity index (χ2v) is 2.49. The number of nitrogens with two attached hydrogens (primary N) is 1. The minimum absolute atomic E-state index is 0.112. The van der Waals surface area contributed by atoms with Crippen LogP contribution >= 0.6 is 0 Å². The van der Waals surface area contributed by atoms with E-state index in [0.29, 0.717) is 26.3 Å². The predicted octanol–water partition coefficient (Wildman–Crippen LogP) is -0.781. The molecular formula is C8H13N3O2. The molecule has 2 N–H and O–H groups in total. The van der Waals surface area contributed by atoms with Gasteiger partial charge < -0.3 is 10.5 Å². The van der Waals surface area contributed by atoms with Crippen molar-refractivity contribution in [2.75, 3.05) is 19.8 Å². The summed E-state index contributed by atoms with van der Waals surface area (Å²) in [4.78, 5) is 11.1. The lowest BCUT2D eigenvalue weighted by molar-refractivity contribution is 0.129. The van der Waals surface area contributed by atoms with E-state index in [2.05, 4.69) is 5.10 Å². The first-order chi connectivity index (χ1) is 6.34. The molecule has 0 amide bonds. The van der Waals surface area contributed by atoms with E-state index in [1.807, 2.05) is 0 Å². The second-order valence-electron chi connectivity index (χ2n) is 2.49. The van der Waals surface area contributed by atoms with E-state index in [0.717, 1.165) is 0 Å². The van der Waals surface area contributed by atoms with E-state index in [1.165, 1.54) is 10.7 Å². The van der Waals surface area contributed by atoms with Crippen LogP contribution in [0.5, 0.6) is 0 Å². The molecule has 1 aromatic rings. The highest BCUT2D eigenvalue weighted by Gasteiger charge is 1.93. The first-order valence-corrected chi connectivity index (χ1v) is 4.14. The largest absolute Gasteiger partial charge is 0.378 e. The Morgan fingerprint density at radius 2 is 2.38 bits per heavy atom. The molecule has 72 valence electrons. The van der Waals surface area contributed by atoms with Crippen molar-refractivity contribution in [3.8, 4) is 0 Å².